The lowest BCUT2D eigenvalue weighted by atomic mass is 9.33. The molecular weight excluding hydrogens is 1170 g/mol. The maximum Gasteiger partial charge on any atom is 0.252 e. The molecule has 18 rings (SSSR count). The van der Waals surface area contributed by atoms with E-state index >= 15 is 0 Å². The molecule has 12 aromatic carbocycles. The van der Waals surface area contributed by atoms with Gasteiger partial charge in [-0.3, -0.25) is 0 Å². The Balaban J connectivity index is 0.921. The molecule has 2 aliphatic carbocycles. The molecule has 4 unspecified atom stereocenters. The van der Waals surface area contributed by atoms with E-state index in [4.69, 9.17) is 0 Å². The van der Waals surface area contributed by atoms with Crippen molar-refractivity contribution in [3.63, 3.8) is 0 Å². The summed E-state index contributed by atoms with van der Waals surface area (Å²) >= 11 is 0. The molecule has 4 atom stereocenters. The molecule has 0 bridgehead atoms. The van der Waals surface area contributed by atoms with Gasteiger partial charge in [-0.15, -0.1) is 0 Å². The van der Waals surface area contributed by atoms with Crippen LogP contribution in [0.25, 0.3) is 11.1 Å². The smallest absolute Gasteiger partial charge is 0.252 e. The summed E-state index contributed by atoms with van der Waals surface area (Å²) in [6, 6.07) is 118. The van der Waals surface area contributed by atoms with Crippen LogP contribution in [0.15, 0.2) is 303 Å². The van der Waals surface area contributed by atoms with Gasteiger partial charge in [0.15, 0.2) is 16.1 Å². The van der Waals surface area contributed by atoms with E-state index in [1.165, 1.54) is 141 Å². The van der Waals surface area contributed by atoms with Crippen molar-refractivity contribution in [2.45, 2.75) is 101 Å². The van der Waals surface area contributed by atoms with Crippen LogP contribution >= 0.6 is 0 Å². The largest absolute Gasteiger partial charge is 0.335 e. The Kier molecular flexibility index (Phi) is 13.1. The van der Waals surface area contributed by atoms with Gasteiger partial charge < -0.3 is 14.7 Å². The van der Waals surface area contributed by atoms with E-state index < -0.39 is 16.1 Å². The normalized spacial score (nSPS) is 21.2. The van der Waals surface area contributed by atoms with E-state index in [0.717, 1.165) is 30.6 Å². The summed E-state index contributed by atoms with van der Waals surface area (Å²) in [6.45, 7) is 10.6. The van der Waals surface area contributed by atoms with Crippen LogP contribution in [-0.4, -0.2) is 33.9 Å². The molecule has 0 N–H and O–H groups in total. The molecule has 4 heterocycles. The number of rotatable bonds is 12. The van der Waals surface area contributed by atoms with E-state index in [0.29, 0.717) is 0 Å². The lowest BCUT2D eigenvalue weighted by Gasteiger charge is -2.55. The third kappa shape index (κ3) is 7.84. The molecular formula is C88H78BN3Si2. The molecule has 0 radical (unpaired) electrons. The van der Waals surface area contributed by atoms with Crippen LogP contribution in [-0.2, 0) is 10.8 Å². The second-order valence-corrected chi connectivity index (χ2v) is 36.4. The average molecular weight is 1240 g/mol. The predicted octanol–water partition coefficient (Wildman–Crippen LogP) is 14.2. The molecule has 2 fully saturated rings. The van der Waals surface area contributed by atoms with Gasteiger partial charge in [0, 0.05) is 45.0 Å². The highest BCUT2D eigenvalue weighted by Crippen LogP contribution is 2.65. The Labute approximate surface area is 558 Å². The average Bonchev–Trinajstić information content (AvgIpc) is 1.47. The molecule has 0 aromatic heterocycles. The van der Waals surface area contributed by atoms with E-state index in [1.807, 2.05) is 0 Å². The maximum absolute atomic E-state index is 2.96. The highest BCUT2D eigenvalue weighted by Gasteiger charge is 2.65. The summed E-state index contributed by atoms with van der Waals surface area (Å²) in [7, 11) is -5.75. The van der Waals surface area contributed by atoms with Crippen LogP contribution in [0.5, 0.6) is 0 Å². The zero-order chi connectivity index (χ0) is 63.0. The number of hydrogen-bond acceptors (Lipinski definition) is 3. The fraction of sp³-hybridized carbons (Fsp3) is 0.182. The van der Waals surface area contributed by atoms with Gasteiger partial charge in [-0.1, -0.05) is 300 Å². The molecule has 0 amide bonds. The number of anilines is 7. The second-order valence-electron chi connectivity index (χ2n) is 28.8. The molecule has 6 heteroatoms. The maximum atomic E-state index is 2.96. The summed E-state index contributed by atoms with van der Waals surface area (Å²) in [5.41, 5.74) is 18.8. The van der Waals surface area contributed by atoms with Crippen LogP contribution in [0.4, 0.5) is 39.8 Å². The Morgan fingerprint density at radius 3 is 1.06 bits per heavy atom. The molecule has 0 saturated heterocycles. The van der Waals surface area contributed by atoms with Crippen LogP contribution < -0.4 is 72.6 Å². The third-order valence-electron chi connectivity index (χ3n) is 24.6. The van der Waals surface area contributed by atoms with Crippen molar-refractivity contribution in [3.8, 4) is 11.1 Å². The summed E-state index contributed by atoms with van der Waals surface area (Å²) in [5, 5.41) is 10.9. The van der Waals surface area contributed by atoms with Gasteiger partial charge in [0.2, 0.25) is 0 Å². The van der Waals surface area contributed by atoms with Crippen LogP contribution in [0.1, 0.15) is 90.2 Å². The standard InChI is InChI=1S/C88H78BN3Si2/c1-85-55-26-28-57-87(85,3)91-80-61-67(62-81-82(80)89(78-46-30-45-76(85)83(78)91)79-60-64(63-31-12-5-13-32-63)59-77-84(79)92(81)88(4)58-29-27-56-86(77,88)2)90(65-47-51-74(52-48-65)93(68-33-14-6-15-34-68,69-35-16-7-17-36-69)70-37-18-8-19-38-70)66-49-53-75(54-50-66)94(71-39-20-9-21-40-71,72-41-22-10-23-42-72)73-43-24-11-25-44-73/h5-25,30-54,59-62H,26-29,55-58H2,1-4H3. The SMILES string of the molecule is CC12CCCCC1(C)N1c3cc(N(c4ccc([Si](c5ccccc5)(c5ccccc5)c5ccccc5)cc4)c4ccc([Si](c5ccccc5)(c5ccccc5)c5ccccc5)cc4)cc4c3B(c3cccc2c31)c1cc(-c2ccccc2)cc2c1N4C1(C)CCCCC21C. The first kappa shape index (κ1) is 57.2. The molecule has 0 spiro atoms. The lowest BCUT2D eigenvalue weighted by molar-refractivity contribution is 0.194. The highest BCUT2D eigenvalue weighted by molar-refractivity contribution is 7.20. The molecule has 12 aromatic rings. The van der Waals surface area contributed by atoms with Gasteiger partial charge in [-0.25, -0.2) is 0 Å². The van der Waals surface area contributed by atoms with Crippen molar-refractivity contribution in [2.24, 2.45) is 0 Å². The number of fused-ring (bicyclic) bond motifs is 10. The molecule has 6 aliphatic rings. The minimum atomic E-state index is -2.88. The number of benzene rings is 12. The van der Waals surface area contributed by atoms with Gasteiger partial charge in [0.05, 0.1) is 16.8 Å². The van der Waals surface area contributed by atoms with Crippen LogP contribution in [0, 0.1) is 0 Å². The molecule has 4 aliphatic heterocycles. The topological polar surface area (TPSA) is 9.72 Å². The predicted molar refractivity (Wildman–Crippen MR) is 404 cm³/mol. The fourth-order valence-corrected chi connectivity index (χ4v) is 29.3. The van der Waals surface area contributed by atoms with Crippen molar-refractivity contribution in [1.29, 1.82) is 0 Å². The monoisotopic (exact) mass is 1240 g/mol. The van der Waals surface area contributed by atoms with E-state index in [2.05, 4.69) is 346 Å². The Morgan fingerprint density at radius 2 is 0.660 bits per heavy atom. The summed E-state index contributed by atoms with van der Waals surface area (Å²) in [4.78, 5) is 8.56. The summed E-state index contributed by atoms with van der Waals surface area (Å²) < 4.78 is 0. The summed E-state index contributed by atoms with van der Waals surface area (Å²) in [5.74, 6) is 0. The third-order valence-corrected chi connectivity index (χ3v) is 34.2. The van der Waals surface area contributed by atoms with Crippen molar-refractivity contribution in [3.05, 3.63) is 314 Å². The Hall–Kier alpha value is -9.46. The molecule has 2 saturated carbocycles. The van der Waals surface area contributed by atoms with Gasteiger partial charge in [-0.05, 0) is 162 Å². The van der Waals surface area contributed by atoms with Crippen molar-refractivity contribution in [2.75, 3.05) is 14.7 Å². The first-order valence-corrected chi connectivity index (χ1v) is 38.6. The van der Waals surface area contributed by atoms with Crippen LogP contribution in [0.2, 0.25) is 0 Å². The van der Waals surface area contributed by atoms with Crippen molar-refractivity contribution in [1.82, 2.24) is 0 Å². The lowest BCUT2D eigenvalue weighted by Crippen LogP contribution is -2.74. The van der Waals surface area contributed by atoms with Gasteiger partial charge in [0.25, 0.3) is 6.71 Å². The number of para-hydroxylation sites is 1. The van der Waals surface area contributed by atoms with Crippen molar-refractivity contribution >= 4 is 121 Å². The number of hydrogen-bond donors (Lipinski definition) is 0. The zero-order valence-corrected chi connectivity index (χ0v) is 56.4. The molecule has 94 heavy (non-hydrogen) atoms. The van der Waals surface area contributed by atoms with E-state index in [-0.39, 0.29) is 28.6 Å². The quantitative estimate of drug-likeness (QED) is 0.0892. The van der Waals surface area contributed by atoms with E-state index in [1.54, 1.807) is 0 Å². The van der Waals surface area contributed by atoms with Gasteiger partial charge >= 0.3 is 0 Å². The molecule has 3 nitrogen and oxygen atoms in total. The van der Waals surface area contributed by atoms with Crippen molar-refractivity contribution < 1.29 is 0 Å². The first-order valence-electron chi connectivity index (χ1n) is 34.6. The second kappa shape index (κ2) is 21.5. The molecule has 456 valence electrons. The Morgan fingerprint density at radius 1 is 0.309 bits per heavy atom. The Bertz CT molecular complexity index is 4480. The summed E-state index contributed by atoms with van der Waals surface area (Å²) in [6.07, 6.45) is 9.50. The first-order chi connectivity index (χ1) is 46.1. The van der Waals surface area contributed by atoms with Gasteiger partial charge in [-0.2, -0.15) is 0 Å². The van der Waals surface area contributed by atoms with E-state index in [9.17, 15) is 0 Å². The number of nitrogens with zero attached hydrogens (tertiary/aromatic N) is 3. The fourth-order valence-electron chi connectivity index (χ4n) is 19.8. The minimum Gasteiger partial charge on any atom is -0.335 e. The van der Waals surface area contributed by atoms with Gasteiger partial charge in [0.1, 0.15) is 0 Å². The van der Waals surface area contributed by atoms with Crippen LogP contribution in [0.3, 0.4) is 0 Å². The minimum absolute atomic E-state index is 0.0395. The zero-order valence-electron chi connectivity index (χ0n) is 54.4. The highest BCUT2D eigenvalue weighted by atomic mass is 28.3.